The van der Waals surface area contributed by atoms with Gasteiger partial charge in [-0.15, -0.1) is 10.2 Å². The van der Waals surface area contributed by atoms with E-state index in [4.69, 9.17) is 4.74 Å². The lowest BCUT2D eigenvalue weighted by atomic mass is 10.1. The predicted molar refractivity (Wildman–Crippen MR) is 88.5 cm³/mol. The number of carbonyl (C=O) groups is 1. The van der Waals surface area contributed by atoms with Crippen LogP contribution < -0.4 is 10.1 Å². The molecular formula is C16H21N3O2S. The van der Waals surface area contributed by atoms with Crippen molar-refractivity contribution in [1.29, 1.82) is 0 Å². The van der Waals surface area contributed by atoms with Gasteiger partial charge in [0.2, 0.25) is 5.13 Å². The van der Waals surface area contributed by atoms with Gasteiger partial charge in [-0.25, -0.2) is 0 Å². The van der Waals surface area contributed by atoms with Crippen LogP contribution in [0.15, 0.2) is 18.2 Å². The summed E-state index contributed by atoms with van der Waals surface area (Å²) in [5.74, 6) is 0.465. The summed E-state index contributed by atoms with van der Waals surface area (Å²) in [6.45, 7) is 7.86. The van der Waals surface area contributed by atoms with Crippen LogP contribution in [0.4, 0.5) is 5.13 Å². The first kappa shape index (κ1) is 16.4. The first-order chi connectivity index (χ1) is 10.5. The molecule has 1 atom stereocenters. The number of aromatic nitrogens is 2. The van der Waals surface area contributed by atoms with E-state index < -0.39 is 6.10 Å². The summed E-state index contributed by atoms with van der Waals surface area (Å²) in [4.78, 5) is 12.1. The summed E-state index contributed by atoms with van der Waals surface area (Å²) < 4.78 is 5.68. The summed E-state index contributed by atoms with van der Waals surface area (Å²) in [7, 11) is 0. The number of carbonyl (C=O) groups excluding carboxylic acids is 1. The van der Waals surface area contributed by atoms with Crippen LogP contribution in [0.3, 0.4) is 0 Å². The van der Waals surface area contributed by atoms with Crippen molar-refractivity contribution in [2.45, 2.75) is 46.6 Å². The molecule has 0 aliphatic heterocycles. The minimum Gasteiger partial charge on any atom is -0.481 e. The van der Waals surface area contributed by atoms with Gasteiger partial charge in [0.05, 0.1) is 0 Å². The van der Waals surface area contributed by atoms with Crippen LogP contribution >= 0.6 is 11.3 Å². The fourth-order valence-electron chi connectivity index (χ4n) is 1.87. The molecule has 0 radical (unpaired) electrons. The lowest BCUT2D eigenvalue weighted by molar-refractivity contribution is -0.122. The highest BCUT2D eigenvalue weighted by Crippen LogP contribution is 2.19. The fourth-order valence-corrected chi connectivity index (χ4v) is 2.72. The fraction of sp³-hybridized carbons (Fsp3) is 0.438. The SMILES string of the molecule is CCCc1nnc(NC(=O)[C@@H](C)Oc2ccc(C)c(C)c2)s1. The number of nitrogens with zero attached hydrogens (tertiary/aromatic N) is 2. The number of amides is 1. The quantitative estimate of drug-likeness (QED) is 0.885. The van der Waals surface area contributed by atoms with E-state index in [9.17, 15) is 4.79 Å². The van der Waals surface area contributed by atoms with Crippen molar-refractivity contribution < 1.29 is 9.53 Å². The van der Waals surface area contributed by atoms with Gasteiger partial charge in [-0.1, -0.05) is 24.3 Å². The van der Waals surface area contributed by atoms with Gasteiger partial charge in [-0.05, 0) is 50.5 Å². The molecule has 1 aromatic heterocycles. The smallest absolute Gasteiger partial charge is 0.266 e. The zero-order chi connectivity index (χ0) is 16.1. The van der Waals surface area contributed by atoms with E-state index >= 15 is 0 Å². The molecule has 1 aromatic carbocycles. The summed E-state index contributed by atoms with van der Waals surface area (Å²) in [6.07, 6.45) is 1.29. The molecule has 5 nitrogen and oxygen atoms in total. The molecule has 22 heavy (non-hydrogen) atoms. The lowest BCUT2D eigenvalue weighted by Crippen LogP contribution is -2.30. The summed E-state index contributed by atoms with van der Waals surface area (Å²) in [5, 5.41) is 12.2. The first-order valence-corrected chi connectivity index (χ1v) is 8.18. The van der Waals surface area contributed by atoms with E-state index in [0.717, 1.165) is 23.4 Å². The highest BCUT2D eigenvalue weighted by Gasteiger charge is 2.17. The normalized spacial score (nSPS) is 12.0. The van der Waals surface area contributed by atoms with E-state index in [1.54, 1.807) is 6.92 Å². The van der Waals surface area contributed by atoms with Gasteiger partial charge in [-0.3, -0.25) is 10.1 Å². The Hall–Kier alpha value is -1.95. The molecule has 1 amide bonds. The van der Waals surface area contributed by atoms with Crippen LogP contribution in [-0.4, -0.2) is 22.2 Å². The number of hydrogen-bond acceptors (Lipinski definition) is 5. The summed E-state index contributed by atoms with van der Waals surface area (Å²) >= 11 is 1.40. The third-order valence-electron chi connectivity index (χ3n) is 3.32. The predicted octanol–water partition coefficient (Wildman–Crippen LogP) is 3.51. The number of benzene rings is 1. The number of anilines is 1. The van der Waals surface area contributed by atoms with Crippen LogP contribution in [-0.2, 0) is 11.2 Å². The van der Waals surface area contributed by atoms with Gasteiger partial charge in [-0.2, -0.15) is 0 Å². The van der Waals surface area contributed by atoms with E-state index in [2.05, 4.69) is 22.4 Å². The second kappa shape index (κ2) is 7.35. The number of hydrogen-bond donors (Lipinski definition) is 1. The van der Waals surface area contributed by atoms with Crippen molar-refractivity contribution in [2.24, 2.45) is 0 Å². The molecule has 118 valence electrons. The maximum absolute atomic E-state index is 12.1. The zero-order valence-electron chi connectivity index (χ0n) is 13.3. The van der Waals surface area contributed by atoms with Gasteiger partial charge in [0.25, 0.3) is 5.91 Å². The molecule has 6 heteroatoms. The Bertz CT molecular complexity index is 655. The molecule has 1 heterocycles. The van der Waals surface area contributed by atoms with Crippen LogP contribution in [0, 0.1) is 13.8 Å². The third-order valence-corrected chi connectivity index (χ3v) is 4.22. The largest absolute Gasteiger partial charge is 0.481 e. The molecule has 0 spiro atoms. The number of nitrogens with one attached hydrogen (secondary N) is 1. The minimum atomic E-state index is -0.597. The van der Waals surface area contributed by atoms with Crippen molar-refractivity contribution in [3.63, 3.8) is 0 Å². The second-order valence-corrected chi connectivity index (χ2v) is 6.31. The van der Waals surface area contributed by atoms with Crippen molar-refractivity contribution in [2.75, 3.05) is 5.32 Å². The zero-order valence-corrected chi connectivity index (χ0v) is 14.2. The van der Waals surface area contributed by atoms with E-state index in [1.807, 2.05) is 32.0 Å². The van der Waals surface area contributed by atoms with E-state index in [1.165, 1.54) is 16.9 Å². The summed E-state index contributed by atoms with van der Waals surface area (Å²) in [6, 6.07) is 5.79. The van der Waals surface area contributed by atoms with Gasteiger partial charge in [0.1, 0.15) is 10.8 Å². The molecule has 0 saturated carbocycles. The van der Waals surface area contributed by atoms with Crippen LogP contribution in [0.5, 0.6) is 5.75 Å². The number of ether oxygens (including phenoxy) is 1. The Kier molecular flexibility index (Phi) is 5.49. The molecule has 0 aliphatic rings. The maximum Gasteiger partial charge on any atom is 0.266 e. The Labute approximate surface area is 134 Å². The lowest BCUT2D eigenvalue weighted by Gasteiger charge is -2.14. The van der Waals surface area contributed by atoms with Crippen molar-refractivity contribution >= 4 is 22.4 Å². The monoisotopic (exact) mass is 319 g/mol. The molecule has 0 unspecified atom stereocenters. The molecule has 0 saturated heterocycles. The van der Waals surface area contributed by atoms with Crippen LogP contribution in [0.25, 0.3) is 0 Å². The number of aryl methyl sites for hydroxylation is 3. The topological polar surface area (TPSA) is 64.1 Å². The first-order valence-electron chi connectivity index (χ1n) is 7.36. The standard InChI is InChI=1S/C16H21N3O2S/c1-5-6-14-18-19-16(22-14)17-15(20)12(4)21-13-8-7-10(2)11(3)9-13/h7-9,12H,5-6H2,1-4H3,(H,17,19,20)/t12-/m1/s1. The Morgan fingerprint density at radius 1 is 1.32 bits per heavy atom. The third kappa shape index (κ3) is 4.27. The number of rotatable bonds is 6. The van der Waals surface area contributed by atoms with Gasteiger partial charge >= 0.3 is 0 Å². The minimum absolute atomic E-state index is 0.225. The molecule has 0 bridgehead atoms. The Morgan fingerprint density at radius 3 is 2.77 bits per heavy atom. The highest BCUT2D eigenvalue weighted by atomic mass is 32.1. The Morgan fingerprint density at radius 2 is 2.09 bits per heavy atom. The van der Waals surface area contributed by atoms with Crippen molar-refractivity contribution in [3.05, 3.63) is 34.3 Å². The maximum atomic E-state index is 12.1. The molecule has 2 aromatic rings. The molecule has 0 fully saturated rings. The highest BCUT2D eigenvalue weighted by molar-refractivity contribution is 7.15. The Balaban J connectivity index is 1.94. The van der Waals surface area contributed by atoms with Crippen LogP contribution in [0.1, 0.15) is 36.4 Å². The molecular weight excluding hydrogens is 298 g/mol. The molecule has 1 N–H and O–H groups in total. The molecule has 0 aliphatic carbocycles. The summed E-state index contributed by atoms with van der Waals surface area (Å²) in [5.41, 5.74) is 2.33. The van der Waals surface area contributed by atoms with Gasteiger partial charge < -0.3 is 4.74 Å². The molecule has 2 rings (SSSR count). The average Bonchev–Trinajstić information content (AvgIpc) is 2.90. The van der Waals surface area contributed by atoms with Crippen molar-refractivity contribution in [1.82, 2.24) is 10.2 Å². The van der Waals surface area contributed by atoms with E-state index in [0.29, 0.717) is 10.9 Å². The second-order valence-electron chi connectivity index (χ2n) is 5.25. The van der Waals surface area contributed by atoms with E-state index in [-0.39, 0.29) is 5.91 Å². The van der Waals surface area contributed by atoms with Crippen molar-refractivity contribution in [3.8, 4) is 5.75 Å². The van der Waals surface area contributed by atoms with Gasteiger partial charge in [0, 0.05) is 6.42 Å². The van der Waals surface area contributed by atoms with Crippen LogP contribution in [0.2, 0.25) is 0 Å². The average molecular weight is 319 g/mol. The van der Waals surface area contributed by atoms with Gasteiger partial charge in [0.15, 0.2) is 6.10 Å².